The van der Waals surface area contributed by atoms with Gasteiger partial charge < -0.3 is 20.3 Å². The Bertz CT molecular complexity index is 770. The summed E-state index contributed by atoms with van der Waals surface area (Å²) in [4.78, 5) is 21.1. The van der Waals surface area contributed by atoms with Crippen LogP contribution in [0.25, 0.3) is 11.2 Å². The van der Waals surface area contributed by atoms with Gasteiger partial charge in [-0.2, -0.15) is 4.98 Å². The Kier molecular flexibility index (Phi) is 3.13. The van der Waals surface area contributed by atoms with E-state index in [0.29, 0.717) is 24.6 Å². The number of aliphatic hydroxyl groups excluding tert-OH is 2. The number of hydrogen-bond acceptors (Lipinski definition) is 7. The number of aliphatic hydroxyl groups is 2. The van der Waals surface area contributed by atoms with E-state index in [4.69, 9.17) is 4.74 Å². The summed E-state index contributed by atoms with van der Waals surface area (Å²) >= 11 is 0. The number of aromatic nitrogens is 4. The van der Waals surface area contributed by atoms with E-state index in [1.807, 2.05) is 0 Å². The van der Waals surface area contributed by atoms with Crippen molar-refractivity contribution in [1.82, 2.24) is 19.1 Å². The number of rotatable bonds is 2. The minimum atomic E-state index is -0.746. The number of ether oxygens (including phenoxy) is 1. The van der Waals surface area contributed by atoms with Crippen LogP contribution in [0, 0.1) is 0 Å². The molecule has 4 heterocycles. The average Bonchev–Trinajstić information content (AvgIpc) is 3.11. The molecule has 22 heavy (non-hydrogen) atoms. The number of anilines is 1. The summed E-state index contributed by atoms with van der Waals surface area (Å²) in [6, 6.07) is 0. The van der Waals surface area contributed by atoms with Gasteiger partial charge in [0.2, 0.25) is 5.95 Å². The molecule has 2 aromatic rings. The van der Waals surface area contributed by atoms with Gasteiger partial charge in [-0.05, 0) is 6.42 Å². The third-order valence-corrected chi connectivity index (χ3v) is 4.22. The van der Waals surface area contributed by atoms with Crippen LogP contribution >= 0.6 is 0 Å². The number of nitrogens with one attached hydrogen (secondary N) is 1. The van der Waals surface area contributed by atoms with Gasteiger partial charge in [0.1, 0.15) is 12.3 Å². The molecule has 2 aliphatic rings. The minimum Gasteiger partial charge on any atom is -0.394 e. The highest BCUT2D eigenvalue weighted by molar-refractivity contribution is 5.71. The maximum atomic E-state index is 12.5. The maximum absolute atomic E-state index is 12.5. The van der Waals surface area contributed by atoms with Crippen molar-refractivity contribution >= 4 is 17.1 Å². The van der Waals surface area contributed by atoms with Crippen LogP contribution in [-0.4, -0.2) is 54.7 Å². The molecule has 2 aromatic heterocycles. The monoisotopic (exact) mass is 307 g/mol. The van der Waals surface area contributed by atoms with Gasteiger partial charge in [0, 0.05) is 19.5 Å². The average molecular weight is 307 g/mol. The first kappa shape index (κ1) is 13.7. The Balaban J connectivity index is 1.80. The standard InChI is InChI=1S/C13H17N5O4/c19-5-8-7(20)4-9(22-8)18-6-15-10-11(18)16-13-14-2-1-3-17(13)12(10)21/h6-9,19-20H,1-5H2,(H,14,16)/t7-,8+,9+/m0/s1. The van der Waals surface area contributed by atoms with E-state index in [9.17, 15) is 15.0 Å². The molecule has 3 atom stereocenters. The van der Waals surface area contributed by atoms with Crippen LogP contribution in [0.15, 0.2) is 11.1 Å². The van der Waals surface area contributed by atoms with E-state index in [0.717, 1.165) is 13.0 Å². The second-order valence-electron chi connectivity index (χ2n) is 5.61. The smallest absolute Gasteiger partial charge is 0.283 e. The number of nitrogens with zero attached hydrogens (tertiary/aromatic N) is 4. The van der Waals surface area contributed by atoms with E-state index >= 15 is 0 Å². The molecule has 0 saturated carbocycles. The third-order valence-electron chi connectivity index (χ3n) is 4.22. The zero-order valence-corrected chi connectivity index (χ0v) is 11.8. The van der Waals surface area contributed by atoms with Gasteiger partial charge in [-0.25, -0.2) is 4.98 Å². The molecule has 0 radical (unpaired) electrons. The molecule has 0 unspecified atom stereocenters. The summed E-state index contributed by atoms with van der Waals surface area (Å²) in [6.07, 6.45) is 0.836. The second-order valence-corrected chi connectivity index (χ2v) is 5.61. The molecule has 118 valence electrons. The molecule has 3 N–H and O–H groups in total. The fraction of sp³-hybridized carbons (Fsp3) is 0.615. The van der Waals surface area contributed by atoms with Crippen LogP contribution in [0.2, 0.25) is 0 Å². The molecule has 1 fully saturated rings. The van der Waals surface area contributed by atoms with Crippen LogP contribution in [0.1, 0.15) is 19.1 Å². The summed E-state index contributed by atoms with van der Waals surface area (Å²) in [7, 11) is 0. The van der Waals surface area contributed by atoms with Crippen molar-refractivity contribution in [1.29, 1.82) is 0 Å². The second kappa shape index (κ2) is 5.04. The first-order valence-electron chi connectivity index (χ1n) is 7.34. The minimum absolute atomic E-state index is 0.178. The molecule has 0 spiro atoms. The summed E-state index contributed by atoms with van der Waals surface area (Å²) in [5.74, 6) is 0.530. The summed E-state index contributed by atoms with van der Waals surface area (Å²) in [6.45, 7) is 1.15. The molecule has 0 amide bonds. The number of imidazole rings is 1. The van der Waals surface area contributed by atoms with Gasteiger partial charge in [0.05, 0.1) is 19.0 Å². The Morgan fingerprint density at radius 2 is 2.36 bits per heavy atom. The van der Waals surface area contributed by atoms with Gasteiger partial charge in [0.25, 0.3) is 5.56 Å². The lowest BCUT2D eigenvalue weighted by Crippen LogP contribution is -2.30. The van der Waals surface area contributed by atoms with E-state index in [-0.39, 0.29) is 17.7 Å². The van der Waals surface area contributed by atoms with Gasteiger partial charge in [-0.1, -0.05) is 0 Å². The predicted octanol–water partition coefficient (Wildman–Crippen LogP) is -0.951. The topological polar surface area (TPSA) is 114 Å². The normalized spacial score (nSPS) is 27.8. The Labute approximate surface area is 125 Å². The van der Waals surface area contributed by atoms with Crippen molar-refractivity contribution in [3.05, 3.63) is 16.7 Å². The van der Waals surface area contributed by atoms with Crippen LogP contribution < -0.4 is 10.9 Å². The van der Waals surface area contributed by atoms with Crippen LogP contribution in [-0.2, 0) is 11.3 Å². The van der Waals surface area contributed by atoms with Crippen molar-refractivity contribution in [2.24, 2.45) is 0 Å². The molecule has 0 aromatic carbocycles. The molecule has 9 heteroatoms. The SMILES string of the molecule is O=c1c2ncn([C@H]3C[C@H](O)[C@@H](CO)O3)c2nc2n1CCCN2. The van der Waals surface area contributed by atoms with Crippen molar-refractivity contribution in [2.45, 2.75) is 37.8 Å². The molecule has 0 aliphatic carbocycles. The lowest BCUT2D eigenvalue weighted by atomic mass is 10.2. The molecule has 0 bridgehead atoms. The molecule has 9 nitrogen and oxygen atoms in total. The summed E-state index contributed by atoms with van der Waals surface area (Å²) in [5, 5.41) is 22.2. The first-order valence-corrected chi connectivity index (χ1v) is 7.34. The molecule has 4 rings (SSSR count). The van der Waals surface area contributed by atoms with Gasteiger partial charge >= 0.3 is 0 Å². The highest BCUT2D eigenvalue weighted by Crippen LogP contribution is 2.30. The van der Waals surface area contributed by atoms with Gasteiger partial charge in [0.15, 0.2) is 11.2 Å². The van der Waals surface area contributed by atoms with Crippen molar-refractivity contribution in [3.8, 4) is 0 Å². The lowest BCUT2D eigenvalue weighted by Gasteiger charge is -2.19. The van der Waals surface area contributed by atoms with Crippen molar-refractivity contribution < 1.29 is 14.9 Å². The van der Waals surface area contributed by atoms with Crippen molar-refractivity contribution in [3.63, 3.8) is 0 Å². The number of fused-ring (bicyclic) bond motifs is 2. The fourth-order valence-corrected chi connectivity index (χ4v) is 3.04. The lowest BCUT2D eigenvalue weighted by molar-refractivity contribution is -0.0432. The molecule has 2 aliphatic heterocycles. The van der Waals surface area contributed by atoms with E-state index in [2.05, 4.69) is 15.3 Å². The largest absolute Gasteiger partial charge is 0.394 e. The zero-order chi connectivity index (χ0) is 15.3. The predicted molar refractivity (Wildman–Crippen MR) is 76.5 cm³/mol. The summed E-state index contributed by atoms with van der Waals surface area (Å²) < 4.78 is 8.85. The highest BCUT2D eigenvalue weighted by atomic mass is 16.5. The molecule has 1 saturated heterocycles. The van der Waals surface area contributed by atoms with E-state index in [1.165, 1.54) is 6.33 Å². The van der Waals surface area contributed by atoms with Crippen molar-refractivity contribution in [2.75, 3.05) is 18.5 Å². The van der Waals surface area contributed by atoms with Crippen LogP contribution in [0.3, 0.4) is 0 Å². The van der Waals surface area contributed by atoms with Crippen LogP contribution in [0.5, 0.6) is 0 Å². The maximum Gasteiger partial charge on any atom is 0.283 e. The van der Waals surface area contributed by atoms with E-state index in [1.54, 1.807) is 9.13 Å². The Morgan fingerprint density at radius 3 is 3.14 bits per heavy atom. The van der Waals surface area contributed by atoms with E-state index < -0.39 is 18.4 Å². The Morgan fingerprint density at radius 1 is 1.50 bits per heavy atom. The van der Waals surface area contributed by atoms with Gasteiger partial charge in [-0.15, -0.1) is 0 Å². The van der Waals surface area contributed by atoms with Crippen LogP contribution in [0.4, 0.5) is 5.95 Å². The fourth-order valence-electron chi connectivity index (χ4n) is 3.04. The molecular weight excluding hydrogens is 290 g/mol. The highest BCUT2D eigenvalue weighted by Gasteiger charge is 2.35. The third kappa shape index (κ3) is 1.93. The van der Waals surface area contributed by atoms with Gasteiger partial charge in [-0.3, -0.25) is 13.9 Å². The first-order chi connectivity index (χ1) is 10.7. The quantitative estimate of drug-likeness (QED) is 0.655. The number of hydrogen-bond donors (Lipinski definition) is 3. The molecular formula is C13H17N5O4. The zero-order valence-electron chi connectivity index (χ0n) is 11.8. The Hall–Kier alpha value is -1.97. The summed E-state index contributed by atoms with van der Waals surface area (Å²) in [5.41, 5.74) is 0.544.